The highest BCUT2D eigenvalue weighted by Gasteiger charge is 2.58. The summed E-state index contributed by atoms with van der Waals surface area (Å²) in [6, 6.07) is -1.24. The molecule has 0 radical (unpaired) electrons. The van der Waals surface area contributed by atoms with E-state index in [1.807, 2.05) is 0 Å². The average molecular weight is 902 g/mol. The number of aliphatic hydroxyl groups is 7. The molecule has 12 nitrogen and oxygen atoms in total. The van der Waals surface area contributed by atoms with Crippen LogP contribution in [0.25, 0.3) is 0 Å². The van der Waals surface area contributed by atoms with Crippen LogP contribution >= 0.6 is 0 Å². The molecule has 8 N–H and O–H groups in total. The Morgan fingerprint density at radius 1 is 0.556 bits per heavy atom. The standard InChI is InChI=1S/C51H99NO11/c1-3-5-7-9-11-13-15-17-18-19-20-21-22-23-24-25-26-27-29-31-33-35-37-39-45(55)52-42(41-62-50(60)51(61)49(59)48(58)47(57)44(40-53)63-51)46(56)43(54)38-36-34-32-30-28-16-14-12-10-8-6-4-2/h42-44,46-49,53-54,56-59,61H,3-41H2,1-2H3,(H,52,55)/t42-,43+,44+,46-,47-,48-,49+,51+/m0/s1. The third-order valence-corrected chi connectivity index (χ3v) is 13.2. The second-order valence-electron chi connectivity index (χ2n) is 19.0. The number of hydrogen-bond acceptors (Lipinski definition) is 11. The molecule has 0 aromatic carbocycles. The lowest BCUT2D eigenvalue weighted by Gasteiger charge is -2.43. The van der Waals surface area contributed by atoms with Gasteiger partial charge in [0.05, 0.1) is 18.8 Å². The molecule has 0 aromatic heterocycles. The molecule has 1 fully saturated rings. The van der Waals surface area contributed by atoms with Crippen molar-refractivity contribution in [2.45, 2.75) is 300 Å². The van der Waals surface area contributed by atoms with Crippen molar-refractivity contribution >= 4 is 11.9 Å². The van der Waals surface area contributed by atoms with Crippen LogP contribution in [0, 0.1) is 0 Å². The Hall–Kier alpha value is -1.38. The fourth-order valence-electron chi connectivity index (χ4n) is 8.80. The number of amides is 1. The van der Waals surface area contributed by atoms with Crippen molar-refractivity contribution in [3.63, 3.8) is 0 Å². The van der Waals surface area contributed by atoms with E-state index in [-0.39, 0.29) is 18.7 Å². The Bertz CT molecular complexity index is 1070. The van der Waals surface area contributed by atoms with Crippen LogP contribution in [-0.2, 0) is 19.1 Å². The van der Waals surface area contributed by atoms with Gasteiger partial charge in [0.15, 0.2) is 0 Å². The minimum Gasteiger partial charge on any atom is -0.459 e. The molecular weight excluding hydrogens is 803 g/mol. The molecule has 0 aliphatic carbocycles. The van der Waals surface area contributed by atoms with Crippen LogP contribution in [0.4, 0.5) is 0 Å². The molecule has 63 heavy (non-hydrogen) atoms. The molecule has 1 aliphatic rings. The first-order chi connectivity index (χ1) is 30.5. The molecule has 0 aromatic rings. The molecule has 1 saturated heterocycles. The summed E-state index contributed by atoms with van der Waals surface area (Å²) >= 11 is 0. The molecule has 0 unspecified atom stereocenters. The van der Waals surface area contributed by atoms with Gasteiger partial charge in [-0.3, -0.25) is 4.79 Å². The van der Waals surface area contributed by atoms with E-state index in [0.29, 0.717) is 12.8 Å². The largest absolute Gasteiger partial charge is 0.459 e. The van der Waals surface area contributed by atoms with E-state index in [1.54, 1.807) is 0 Å². The van der Waals surface area contributed by atoms with Crippen LogP contribution in [0.15, 0.2) is 0 Å². The maximum atomic E-state index is 13.0. The third kappa shape index (κ3) is 28.4. The number of aliphatic hydroxyl groups excluding tert-OH is 6. The Balaban J connectivity index is 2.37. The maximum Gasteiger partial charge on any atom is 0.369 e. The zero-order valence-corrected chi connectivity index (χ0v) is 40.4. The molecule has 8 atom stereocenters. The zero-order valence-electron chi connectivity index (χ0n) is 40.4. The molecular formula is C51H99NO11. The van der Waals surface area contributed by atoms with Gasteiger partial charge in [-0.05, 0) is 12.8 Å². The van der Waals surface area contributed by atoms with Crippen LogP contribution < -0.4 is 5.32 Å². The topological polar surface area (TPSA) is 206 Å². The number of ether oxygens (including phenoxy) is 2. The quantitative estimate of drug-likeness (QED) is 0.0214. The number of carbonyl (C=O) groups excluding carboxylic acids is 2. The van der Waals surface area contributed by atoms with E-state index in [0.717, 1.165) is 38.5 Å². The number of carbonyl (C=O) groups is 2. The molecule has 1 amide bonds. The molecule has 1 heterocycles. The number of rotatable bonds is 44. The van der Waals surface area contributed by atoms with Crippen molar-refractivity contribution in [1.82, 2.24) is 5.32 Å². The van der Waals surface area contributed by atoms with Gasteiger partial charge >= 0.3 is 5.97 Å². The molecule has 1 aliphatic heterocycles. The van der Waals surface area contributed by atoms with E-state index < -0.39 is 67.6 Å². The van der Waals surface area contributed by atoms with Crippen LogP contribution in [0.1, 0.15) is 251 Å². The van der Waals surface area contributed by atoms with E-state index >= 15 is 0 Å². The summed E-state index contributed by atoms with van der Waals surface area (Å²) in [6.07, 6.45) is 33.3. The summed E-state index contributed by atoms with van der Waals surface area (Å²) in [5.74, 6) is -5.07. The molecule has 12 heteroatoms. The van der Waals surface area contributed by atoms with E-state index in [9.17, 15) is 45.3 Å². The van der Waals surface area contributed by atoms with Gasteiger partial charge in [-0.25, -0.2) is 4.79 Å². The van der Waals surface area contributed by atoms with Gasteiger partial charge in [0.1, 0.15) is 37.1 Å². The van der Waals surface area contributed by atoms with Crippen molar-refractivity contribution < 1.29 is 54.8 Å². The van der Waals surface area contributed by atoms with Crippen molar-refractivity contribution in [3.05, 3.63) is 0 Å². The summed E-state index contributed by atoms with van der Waals surface area (Å²) in [7, 11) is 0. The highest BCUT2D eigenvalue weighted by atomic mass is 16.7. The van der Waals surface area contributed by atoms with E-state index in [2.05, 4.69) is 19.2 Å². The first-order valence-electron chi connectivity index (χ1n) is 26.4. The van der Waals surface area contributed by atoms with Crippen molar-refractivity contribution in [2.75, 3.05) is 13.2 Å². The Morgan fingerprint density at radius 3 is 1.27 bits per heavy atom. The van der Waals surface area contributed by atoms with Gasteiger partial charge < -0.3 is 50.5 Å². The van der Waals surface area contributed by atoms with Crippen LogP contribution in [0.5, 0.6) is 0 Å². The number of nitrogens with one attached hydrogen (secondary N) is 1. The first-order valence-corrected chi connectivity index (χ1v) is 26.4. The zero-order chi connectivity index (χ0) is 46.4. The van der Waals surface area contributed by atoms with Gasteiger partial charge in [-0.15, -0.1) is 0 Å². The average Bonchev–Trinajstić information content (AvgIpc) is 3.28. The van der Waals surface area contributed by atoms with Gasteiger partial charge in [0, 0.05) is 6.42 Å². The van der Waals surface area contributed by atoms with Gasteiger partial charge in [0.25, 0.3) is 5.79 Å². The van der Waals surface area contributed by atoms with Crippen LogP contribution in [0.3, 0.4) is 0 Å². The van der Waals surface area contributed by atoms with Crippen LogP contribution in [0.2, 0.25) is 0 Å². The summed E-state index contributed by atoms with van der Waals surface area (Å²) in [5.41, 5.74) is 0. The van der Waals surface area contributed by atoms with E-state index in [4.69, 9.17) is 9.47 Å². The van der Waals surface area contributed by atoms with Gasteiger partial charge in [-0.1, -0.05) is 232 Å². The summed E-state index contributed by atoms with van der Waals surface area (Å²) in [5, 5.41) is 75.7. The third-order valence-electron chi connectivity index (χ3n) is 13.2. The Labute approximate surface area is 384 Å². The summed E-state index contributed by atoms with van der Waals surface area (Å²) < 4.78 is 10.3. The SMILES string of the molecule is CCCCCCCCCCCCCCCCCCCCCCCCCC(=O)N[C@@H](COC(=O)[C@]1(O)O[C@H](CO)[C@H](O)[C@H](O)[C@H]1O)[C@H](O)[C@H](O)CCCCCCCCCCCCCC. The monoisotopic (exact) mass is 902 g/mol. The minimum atomic E-state index is -3.13. The summed E-state index contributed by atoms with van der Waals surface area (Å²) in [4.78, 5) is 26.1. The number of unbranched alkanes of at least 4 members (excludes halogenated alkanes) is 33. The molecule has 0 spiro atoms. The number of hydrogen-bond donors (Lipinski definition) is 8. The highest BCUT2D eigenvalue weighted by Crippen LogP contribution is 2.30. The highest BCUT2D eigenvalue weighted by molar-refractivity contribution is 5.79. The molecule has 1 rings (SSSR count). The normalized spacial score (nSPS) is 21.6. The fourth-order valence-corrected chi connectivity index (χ4v) is 8.80. The Kier molecular flexibility index (Phi) is 37.6. The first kappa shape index (κ1) is 59.6. The summed E-state index contributed by atoms with van der Waals surface area (Å²) in [6.45, 7) is 2.95. The van der Waals surface area contributed by atoms with E-state index in [1.165, 1.54) is 173 Å². The predicted molar refractivity (Wildman–Crippen MR) is 252 cm³/mol. The van der Waals surface area contributed by atoms with Crippen molar-refractivity contribution in [1.29, 1.82) is 0 Å². The maximum absolute atomic E-state index is 13.0. The molecule has 0 bridgehead atoms. The van der Waals surface area contributed by atoms with Crippen molar-refractivity contribution in [3.8, 4) is 0 Å². The lowest BCUT2D eigenvalue weighted by Crippen LogP contribution is -2.68. The Morgan fingerprint density at radius 2 is 0.905 bits per heavy atom. The number of esters is 1. The van der Waals surface area contributed by atoms with Gasteiger partial charge in [-0.2, -0.15) is 0 Å². The second-order valence-corrected chi connectivity index (χ2v) is 19.0. The predicted octanol–water partition coefficient (Wildman–Crippen LogP) is 9.37. The lowest BCUT2D eigenvalue weighted by molar-refractivity contribution is -0.339. The van der Waals surface area contributed by atoms with Crippen LogP contribution in [-0.4, -0.2) is 109 Å². The second kappa shape index (κ2) is 39.8. The molecule has 374 valence electrons. The lowest BCUT2D eigenvalue weighted by atomic mass is 9.92. The van der Waals surface area contributed by atoms with Crippen molar-refractivity contribution in [2.24, 2.45) is 0 Å². The minimum absolute atomic E-state index is 0.180. The van der Waals surface area contributed by atoms with Gasteiger partial charge in [0.2, 0.25) is 5.91 Å². The smallest absolute Gasteiger partial charge is 0.369 e. The molecule has 0 saturated carbocycles. The fraction of sp³-hybridized carbons (Fsp3) is 0.961.